The Balaban J connectivity index is 0.000000595. The summed E-state index contributed by atoms with van der Waals surface area (Å²) >= 11 is 6.17. The monoisotopic (exact) mass is 571 g/mol. The molecule has 9 heteroatoms. The lowest BCUT2D eigenvalue weighted by molar-refractivity contribution is -0.116. The first kappa shape index (κ1) is 28.6. The molecule has 1 atom stereocenters. The van der Waals surface area contributed by atoms with Crippen LogP contribution in [0.2, 0.25) is 5.02 Å². The fraction of sp³-hybridized carbons (Fsp3) is 0.484. The third-order valence-corrected chi connectivity index (χ3v) is 9.11. The van der Waals surface area contributed by atoms with Crippen LogP contribution in [0.5, 0.6) is 5.75 Å². The molecule has 3 aliphatic rings. The standard InChI is InChI=1S/C29H34ClN3O2.C2H2F2O/c1-20(18-32-14-10-29(11-15-32)19-35-27-17-23(30)6-7-24(27)29)21-8-12-33(13-9-21)28(34)26-16-22-4-2-3-5-25(22)31-26;3-2(4)1-5/h2-7,16-17,20-21,31H,8-15,18-19H2,1H3;1-2H. The van der Waals surface area contributed by atoms with Gasteiger partial charge in [0.1, 0.15) is 11.4 Å². The molecule has 1 spiro atoms. The van der Waals surface area contributed by atoms with Crippen molar-refractivity contribution in [3.8, 4) is 5.75 Å². The highest BCUT2D eigenvalue weighted by Crippen LogP contribution is 2.46. The normalized spacial score (nSPS) is 19.7. The van der Waals surface area contributed by atoms with Crippen LogP contribution in [0.4, 0.5) is 8.78 Å². The number of halogens is 3. The van der Waals surface area contributed by atoms with Gasteiger partial charge in [-0.05, 0) is 74.9 Å². The number of piperidine rings is 2. The van der Waals surface area contributed by atoms with E-state index in [9.17, 15) is 13.6 Å². The number of ether oxygens (including phenoxy) is 1. The Kier molecular flexibility index (Phi) is 8.76. The minimum Gasteiger partial charge on any atom is -0.492 e. The largest absolute Gasteiger partial charge is 0.492 e. The van der Waals surface area contributed by atoms with Crippen molar-refractivity contribution in [2.45, 2.75) is 44.4 Å². The van der Waals surface area contributed by atoms with Gasteiger partial charge in [0, 0.05) is 46.5 Å². The van der Waals surface area contributed by atoms with Crippen molar-refractivity contribution in [2.24, 2.45) is 11.8 Å². The van der Waals surface area contributed by atoms with E-state index in [1.807, 2.05) is 47.4 Å². The summed E-state index contributed by atoms with van der Waals surface area (Å²) in [6.07, 6.45) is 1.26. The van der Waals surface area contributed by atoms with Crippen LogP contribution in [0, 0.1) is 11.8 Å². The van der Waals surface area contributed by atoms with Gasteiger partial charge in [-0.1, -0.05) is 42.8 Å². The second kappa shape index (κ2) is 12.3. The summed E-state index contributed by atoms with van der Waals surface area (Å²) in [5.74, 6) is 2.43. The van der Waals surface area contributed by atoms with Gasteiger partial charge in [-0.15, -0.1) is 0 Å². The molecule has 40 heavy (non-hydrogen) atoms. The molecule has 0 bridgehead atoms. The summed E-state index contributed by atoms with van der Waals surface area (Å²) in [6, 6.07) is 16.2. The molecule has 2 saturated heterocycles. The third-order valence-electron chi connectivity index (χ3n) is 8.87. The lowest BCUT2D eigenvalue weighted by Crippen LogP contribution is -2.46. The zero-order valence-electron chi connectivity index (χ0n) is 22.8. The van der Waals surface area contributed by atoms with Crippen LogP contribution < -0.4 is 4.74 Å². The summed E-state index contributed by atoms with van der Waals surface area (Å²) in [5.41, 5.74) is 3.24. The fourth-order valence-electron chi connectivity index (χ4n) is 6.51. The summed E-state index contributed by atoms with van der Waals surface area (Å²) in [5, 5.41) is 1.85. The summed E-state index contributed by atoms with van der Waals surface area (Å²) < 4.78 is 26.8. The van der Waals surface area contributed by atoms with Gasteiger partial charge in [0.05, 0.1) is 6.61 Å². The number of nitrogens with zero attached hydrogens (tertiary/aromatic N) is 2. The Morgan fingerprint density at radius 2 is 1.82 bits per heavy atom. The number of carbonyl (C=O) groups excluding carboxylic acids is 2. The van der Waals surface area contributed by atoms with E-state index in [-0.39, 0.29) is 11.3 Å². The number of aromatic nitrogens is 1. The molecule has 1 amide bonds. The molecule has 0 aliphatic carbocycles. The number of aldehydes is 1. The second-order valence-electron chi connectivity index (χ2n) is 11.4. The molecule has 6 rings (SSSR count). The van der Waals surface area contributed by atoms with Crippen molar-refractivity contribution in [2.75, 3.05) is 39.3 Å². The molecule has 2 fully saturated rings. The average Bonchev–Trinajstić information content (AvgIpc) is 3.56. The number of likely N-dealkylation sites (tertiary alicyclic amines) is 2. The second-order valence-corrected chi connectivity index (χ2v) is 11.8. The lowest BCUT2D eigenvalue weighted by atomic mass is 9.74. The number of hydrogen-bond acceptors (Lipinski definition) is 4. The predicted octanol–water partition coefficient (Wildman–Crippen LogP) is 6.19. The number of hydrogen-bond donors (Lipinski definition) is 1. The van der Waals surface area contributed by atoms with Crippen LogP contribution in [0.15, 0.2) is 48.5 Å². The molecule has 4 heterocycles. The molecule has 3 aliphatic heterocycles. The van der Waals surface area contributed by atoms with Crippen LogP contribution in [-0.2, 0) is 10.2 Å². The number of para-hydroxylation sites is 1. The summed E-state index contributed by atoms with van der Waals surface area (Å²) in [4.78, 5) is 29.8. The number of carbonyl (C=O) groups is 2. The minimum absolute atomic E-state index is 0.133. The van der Waals surface area contributed by atoms with Gasteiger partial charge in [0.2, 0.25) is 0 Å². The van der Waals surface area contributed by atoms with Crippen LogP contribution in [-0.4, -0.2) is 72.7 Å². The van der Waals surface area contributed by atoms with Gasteiger partial charge in [-0.25, -0.2) is 8.78 Å². The number of amides is 1. The zero-order chi connectivity index (χ0) is 28.3. The van der Waals surface area contributed by atoms with Crippen LogP contribution in [0.25, 0.3) is 10.9 Å². The number of fused-ring (bicyclic) bond motifs is 3. The Bertz CT molecular complexity index is 1300. The van der Waals surface area contributed by atoms with E-state index < -0.39 is 12.7 Å². The van der Waals surface area contributed by atoms with Crippen molar-refractivity contribution >= 4 is 34.7 Å². The highest BCUT2D eigenvalue weighted by atomic mass is 35.5. The Labute approximate surface area is 238 Å². The van der Waals surface area contributed by atoms with Gasteiger partial charge in [0.15, 0.2) is 6.29 Å². The number of nitrogens with one attached hydrogen (secondary N) is 1. The Morgan fingerprint density at radius 3 is 2.50 bits per heavy atom. The smallest absolute Gasteiger partial charge is 0.293 e. The molecule has 2 aromatic carbocycles. The molecule has 0 saturated carbocycles. The SMILES string of the molecule is CC(CN1CCC2(CC1)COc1cc(Cl)ccc12)C1CCN(C(=O)c2cc3ccccc3[nH]2)CC1.O=CC(F)F. The maximum atomic E-state index is 13.1. The number of H-pyrrole nitrogens is 1. The maximum absolute atomic E-state index is 13.1. The van der Waals surface area contributed by atoms with Crippen LogP contribution in [0.3, 0.4) is 0 Å². The number of benzene rings is 2. The van der Waals surface area contributed by atoms with Gasteiger partial charge in [-0.3, -0.25) is 9.59 Å². The lowest BCUT2D eigenvalue weighted by Gasteiger charge is -2.41. The molecular weight excluding hydrogens is 536 g/mol. The molecule has 3 aromatic rings. The van der Waals surface area contributed by atoms with Crippen molar-refractivity contribution in [1.29, 1.82) is 0 Å². The minimum atomic E-state index is -2.80. The van der Waals surface area contributed by atoms with Crippen LogP contribution >= 0.6 is 11.6 Å². The third kappa shape index (κ3) is 6.18. The Hall–Kier alpha value is -2.97. The topological polar surface area (TPSA) is 65.6 Å². The van der Waals surface area contributed by atoms with Crippen molar-refractivity contribution < 1.29 is 23.1 Å². The first-order chi connectivity index (χ1) is 19.3. The van der Waals surface area contributed by atoms with Crippen molar-refractivity contribution in [1.82, 2.24) is 14.8 Å². The number of rotatable bonds is 5. The molecule has 1 aromatic heterocycles. The van der Waals surface area contributed by atoms with E-state index in [1.54, 1.807) is 0 Å². The zero-order valence-corrected chi connectivity index (χ0v) is 23.5. The molecule has 214 valence electrons. The van der Waals surface area contributed by atoms with Gasteiger partial charge < -0.3 is 19.5 Å². The van der Waals surface area contributed by atoms with Crippen LogP contribution in [0.1, 0.15) is 48.7 Å². The van der Waals surface area contributed by atoms with Gasteiger partial charge >= 0.3 is 0 Å². The molecule has 1 unspecified atom stereocenters. The summed E-state index contributed by atoms with van der Waals surface area (Å²) in [6.45, 7) is 8.27. The van der Waals surface area contributed by atoms with Gasteiger partial charge in [0.25, 0.3) is 12.3 Å². The molecular formula is C31H36ClF2N3O3. The molecule has 6 nitrogen and oxygen atoms in total. The highest BCUT2D eigenvalue weighted by molar-refractivity contribution is 6.30. The van der Waals surface area contributed by atoms with Crippen molar-refractivity contribution in [3.63, 3.8) is 0 Å². The predicted molar refractivity (Wildman–Crippen MR) is 152 cm³/mol. The van der Waals surface area contributed by atoms with E-state index in [0.717, 1.165) is 86.7 Å². The summed E-state index contributed by atoms with van der Waals surface area (Å²) in [7, 11) is 0. The van der Waals surface area contributed by atoms with Gasteiger partial charge in [-0.2, -0.15) is 0 Å². The molecule has 1 N–H and O–H groups in total. The first-order valence-corrected chi connectivity index (χ1v) is 14.4. The quantitative estimate of drug-likeness (QED) is 0.371. The maximum Gasteiger partial charge on any atom is 0.293 e. The van der Waals surface area contributed by atoms with E-state index in [1.165, 1.54) is 5.56 Å². The average molecular weight is 572 g/mol. The number of alkyl halides is 2. The van der Waals surface area contributed by atoms with E-state index in [0.29, 0.717) is 17.5 Å². The van der Waals surface area contributed by atoms with E-state index in [2.05, 4.69) is 22.9 Å². The fourth-order valence-corrected chi connectivity index (χ4v) is 6.67. The van der Waals surface area contributed by atoms with E-state index >= 15 is 0 Å². The van der Waals surface area contributed by atoms with Crippen molar-refractivity contribution in [3.05, 3.63) is 64.8 Å². The first-order valence-electron chi connectivity index (χ1n) is 14.0. The van der Waals surface area contributed by atoms with E-state index in [4.69, 9.17) is 21.1 Å². The highest BCUT2D eigenvalue weighted by Gasteiger charge is 2.43. The molecule has 0 radical (unpaired) electrons. The Morgan fingerprint density at radius 1 is 1.12 bits per heavy atom. The number of aromatic amines is 1.